The van der Waals surface area contributed by atoms with E-state index in [4.69, 9.17) is 15.2 Å². The second-order valence-electron chi connectivity index (χ2n) is 5.85. The van der Waals surface area contributed by atoms with E-state index in [1.165, 1.54) is 32.4 Å². The van der Waals surface area contributed by atoms with Gasteiger partial charge in [-0.2, -0.15) is 0 Å². The minimum absolute atomic E-state index is 0. The van der Waals surface area contributed by atoms with Crippen LogP contribution >= 0.6 is 12.4 Å². The second-order valence-corrected chi connectivity index (χ2v) is 7.96. The fourth-order valence-corrected chi connectivity index (χ4v) is 3.02. The average molecular weight is 381 g/mol. The molecule has 0 bridgehead atoms. The monoisotopic (exact) mass is 380 g/mol. The summed E-state index contributed by atoms with van der Waals surface area (Å²) < 4.78 is 34.8. The summed E-state index contributed by atoms with van der Waals surface area (Å²) in [6.07, 6.45) is -0.132. The third kappa shape index (κ3) is 6.94. The van der Waals surface area contributed by atoms with E-state index in [0.29, 0.717) is 11.5 Å². The van der Waals surface area contributed by atoms with E-state index in [2.05, 4.69) is 5.32 Å². The largest absolute Gasteiger partial charge is 0.493 e. The molecule has 0 aliphatic rings. The van der Waals surface area contributed by atoms with Gasteiger partial charge in [-0.3, -0.25) is 4.79 Å². The first-order valence-corrected chi connectivity index (χ1v) is 8.74. The molecule has 0 aliphatic carbocycles. The number of methoxy groups -OCH3 is 2. The number of carbonyl (C=O) groups excluding carboxylic acids is 1. The molecule has 0 radical (unpaired) electrons. The van der Waals surface area contributed by atoms with Gasteiger partial charge in [0.05, 0.1) is 24.9 Å². The van der Waals surface area contributed by atoms with Crippen molar-refractivity contribution in [2.75, 3.05) is 26.5 Å². The summed E-state index contributed by atoms with van der Waals surface area (Å²) in [5.74, 6) is 0.115. The molecule has 9 heteroatoms. The van der Waals surface area contributed by atoms with Gasteiger partial charge in [-0.1, -0.05) is 0 Å². The maximum atomic E-state index is 12.3. The van der Waals surface area contributed by atoms with Gasteiger partial charge >= 0.3 is 0 Å². The number of benzene rings is 1. The zero-order valence-corrected chi connectivity index (χ0v) is 15.9. The van der Waals surface area contributed by atoms with Gasteiger partial charge in [-0.05, 0) is 26.0 Å². The van der Waals surface area contributed by atoms with E-state index >= 15 is 0 Å². The molecule has 0 saturated heterocycles. The molecule has 0 aromatic heterocycles. The van der Waals surface area contributed by atoms with Crippen LogP contribution in [0.4, 0.5) is 0 Å². The molecule has 0 atom stereocenters. The first kappa shape index (κ1) is 22.5. The maximum absolute atomic E-state index is 12.3. The topological polar surface area (TPSA) is 108 Å². The lowest BCUT2D eigenvalue weighted by atomic mass is 10.1. The minimum atomic E-state index is -3.59. The lowest BCUT2D eigenvalue weighted by molar-refractivity contribution is -0.120. The number of rotatable bonds is 8. The highest BCUT2D eigenvalue weighted by Crippen LogP contribution is 2.29. The number of nitrogens with one attached hydrogen (secondary N) is 1. The zero-order valence-electron chi connectivity index (χ0n) is 14.3. The molecule has 0 heterocycles. The van der Waals surface area contributed by atoms with Crippen molar-refractivity contribution in [1.82, 2.24) is 5.32 Å². The van der Waals surface area contributed by atoms with Crippen LogP contribution in [-0.4, -0.2) is 46.4 Å². The van der Waals surface area contributed by atoms with Crippen LogP contribution in [0, 0.1) is 0 Å². The lowest BCUT2D eigenvalue weighted by Gasteiger charge is -2.18. The lowest BCUT2D eigenvalue weighted by Crippen LogP contribution is -2.45. The highest BCUT2D eigenvalue weighted by Gasteiger charge is 2.19. The molecule has 24 heavy (non-hydrogen) atoms. The number of ether oxygens (including phenoxy) is 2. The third-order valence-electron chi connectivity index (χ3n) is 3.05. The highest BCUT2D eigenvalue weighted by molar-refractivity contribution is 7.91. The number of amides is 1. The summed E-state index contributed by atoms with van der Waals surface area (Å²) in [6.45, 7) is 3.82. The number of hydrogen-bond acceptors (Lipinski definition) is 6. The Morgan fingerprint density at radius 2 is 1.79 bits per heavy atom. The van der Waals surface area contributed by atoms with E-state index in [1.54, 1.807) is 13.8 Å². The van der Waals surface area contributed by atoms with Crippen molar-refractivity contribution < 1.29 is 22.7 Å². The molecule has 0 aliphatic heterocycles. The van der Waals surface area contributed by atoms with Crippen molar-refractivity contribution in [3.8, 4) is 11.5 Å². The van der Waals surface area contributed by atoms with Crippen molar-refractivity contribution in [3.05, 3.63) is 18.2 Å². The molecule has 1 aromatic rings. The predicted molar refractivity (Wildman–Crippen MR) is 94.7 cm³/mol. The number of nitrogens with two attached hydrogens (primary N) is 1. The molecule has 0 spiro atoms. The van der Waals surface area contributed by atoms with Crippen molar-refractivity contribution in [2.24, 2.45) is 5.73 Å². The average Bonchev–Trinajstić information content (AvgIpc) is 2.49. The molecule has 3 N–H and O–H groups in total. The van der Waals surface area contributed by atoms with Gasteiger partial charge in [0, 0.05) is 24.6 Å². The normalized spacial score (nSPS) is 11.4. The Bertz CT molecular complexity index is 656. The van der Waals surface area contributed by atoms with Gasteiger partial charge in [0.2, 0.25) is 5.91 Å². The molecule has 7 nitrogen and oxygen atoms in total. The molecule has 1 aromatic carbocycles. The Kier molecular flexibility index (Phi) is 8.53. The van der Waals surface area contributed by atoms with Crippen LogP contribution in [0.2, 0.25) is 0 Å². The third-order valence-corrected chi connectivity index (χ3v) is 4.77. The SMILES string of the molecule is COc1ccc(S(=O)(=O)CCC(=O)NCC(C)(C)N)cc1OC.Cl. The van der Waals surface area contributed by atoms with Crippen molar-refractivity contribution >= 4 is 28.2 Å². The zero-order chi connectivity index (χ0) is 17.7. The summed E-state index contributed by atoms with van der Waals surface area (Å²) in [5.41, 5.74) is 5.21. The van der Waals surface area contributed by atoms with E-state index in [0.717, 1.165) is 0 Å². The van der Waals surface area contributed by atoms with E-state index in [1.807, 2.05) is 0 Å². The van der Waals surface area contributed by atoms with Crippen LogP contribution < -0.4 is 20.5 Å². The Morgan fingerprint density at radius 3 is 2.29 bits per heavy atom. The quantitative estimate of drug-likeness (QED) is 0.700. The Morgan fingerprint density at radius 1 is 1.21 bits per heavy atom. The summed E-state index contributed by atoms with van der Waals surface area (Å²) in [5, 5.41) is 2.61. The van der Waals surface area contributed by atoms with Gasteiger partial charge < -0.3 is 20.5 Å². The molecule has 0 fully saturated rings. The highest BCUT2D eigenvalue weighted by atomic mass is 35.5. The summed E-state index contributed by atoms with van der Waals surface area (Å²) >= 11 is 0. The number of sulfone groups is 1. The van der Waals surface area contributed by atoms with Crippen LogP contribution in [0.15, 0.2) is 23.1 Å². The van der Waals surface area contributed by atoms with E-state index in [9.17, 15) is 13.2 Å². The first-order chi connectivity index (χ1) is 10.6. The van der Waals surface area contributed by atoms with Gasteiger partial charge in [-0.15, -0.1) is 12.4 Å². The standard InChI is InChI=1S/C15H24N2O5S.ClH/c1-15(2,16)10-17-14(18)7-8-23(19,20)11-5-6-12(21-3)13(9-11)22-4;/h5-6,9H,7-8,10,16H2,1-4H3,(H,17,18);1H. The second kappa shape index (κ2) is 9.10. The van der Waals surface area contributed by atoms with Crippen LogP contribution in [0.25, 0.3) is 0 Å². The smallest absolute Gasteiger partial charge is 0.221 e. The molecule has 1 rings (SSSR count). The number of carbonyl (C=O) groups is 1. The molecular formula is C15H25ClN2O5S. The fraction of sp³-hybridized carbons (Fsp3) is 0.533. The fourth-order valence-electron chi connectivity index (χ4n) is 1.77. The van der Waals surface area contributed by atoms with E-state index in [-0.39, 0.29) is 41.9 Å². The summed E-state index contributed by atoms with van der Waals surface area (Å²) in [6, 6.07) is 4.33. The molecule has 0 saturated carbocycles. The number of hydrogen-bond donors (Lipinski definition) is 2. The van der Waals surface area contributed by atoms with E-state index < -0.39 is 15.4 Å². The van der Waals surface area contributed by atoms with Gasteiger partial charge in [0.1, 0.15) is 0 Å². The van der Waals surface area contributed by atoms with Crippen LogP contribution in [-0.2, 0) is 14.6 Å². The first-order valence-electron chi connectivity index (χ1n) is 7.09. The van der Waals surface area contributed by atoms with Crippen LogP contribution in [0.3, 0.4) is 0 Å². The Hall–Kier alpha value is -1.51. The minimum Gasteiger partial charge on any atom is -0.493 e. The van der Waals surface area contributed by atoms with Gasteiger partial charge in [-0.25, -0.2) is 8.42 Å². The molecule has 0 unspecified atom stereocenters. The molecule has 1 amide bonds. The number of halogens is 1. The van der Waals surface area contributed by atoms with Gasteiger partial charge in [0.25, 0.3) is 0 Å². The Balaban J connectivity index is 0.00000529. The van der Waals surface area contributed by atoms with Crippen molar-refractivity contribution in [3.63, 3.8) is 0 Å². The van der Waals surface area contributed by atoms with Gasteiger partial charge in [0.15, 0.2) is 21.3 Å². The summed E-state index contributed by atoms with van der Waals surface area (Å²) in [4.78, 5) is 11.8. The summed E-state index contributed by atoms with van der Waals surface area (Å²) in [7, 11) is -0.700. The van der Waals surface area contributed by atoms with Crippen molar-refractivity contribution in [2.45, 2.75) is 30.7 Å². The molecule has 138 valence electrons. The Labute approximate surface area is 149 Å². The predicted octanol–water partition coefficient (Wildman–Crippen LogP) is 1.14. The van der Waals surface area contributed by atoms with Crippen LogP contribution in [0.5, 0.6) is 11.5 Å². The van der Waals surface area contributed by atoms with Crippen molar-refractivity contribution in [1.29, 1.82) is 0 Å². The maximum Gasteiger partial charge on any atom is 0.221 e. The van der Waals surface area contributed by atoms with Crippen LogP contribution in [0.1, 0.15) is 20.3 Å². The molecular weight excluding hydrogens is 356 g/mol.